The minimum absolute atomic E-state index is 0.0613. The van der Waals surface area contributed by atoms with E-state index in [1.807, 2.05) is 39.0 Å². The van der Waals surface area contributed by atoms with E-state index in [1.54, 1.807) is 4.90 Å². The SMILES string of the molecule is COC(=O)C12CN(Cc3ccccc3)CC1CCN2C(=O)OC(C)(C)C. The number of amides is 1. The van der Waals surface area contributed by atoms with Gasteiger partial charge in [0.2, 0.25) is 0 Å². The van der Waals surface area contributed by atoms with Crippen LogP contribution in [0.25, 0.3) is 0 Å². The summed E-state index contributed by atoms with van der Waals surface area (Å²) in [7, 11) is 1.39. The number of hydrogen-bond donors (Lipinski definition) is 0. The molecule has 2 aliphatic heterocycles. The Labute approximate surface area is 155 Å². The molecule has 2 saturated heterocycles. The molecule has 26 heavy (non-hydrogen) atoms. The number of nitrogens with zero attached hydrogens (tertiary/aromatic N) is 2. The van der Waals surface area contributed by atoms with Crippen LogP contribution in [0.5, 0.6) is 0 Å². The lowest BCUT2D eigenvalue weighted by Gasteiger charge is -2.36. The Kier molecular flexibility index (Phi) is 4.97. The summed E-state index contributed by atoms with van der Waals surface area (Å²) in [6, 6.07) is 10.2. The summed E-state index contributed by atoms with van der Waals surface area (Å²) in [5, 5.41) is 0. The normalized spacial score (nSPS) is 25.8. The highest BCUT2D eigenvalue weighted by atomic mass is 16.6. The van der Waals surface area contributed by atoms with Gasteiger partial charge >= 0.3 is 12.1 Å². The van der Waals surface area contributed by atoms with E-state index in [2.05, 4.69) is 17.0 Å². The van der Waals surface area contributed by atoms with Crippen molar-refractivity contribution in [2.75, 3.05) is 26.7 Å². The van der Waals surface area contributed by atoms with Crippen molar-refractivity contribution in [3.63, 3.8) is 0 Å². The van der Waals surface area contributed by atoms with Crippen molar-refractivity contribution < 1.29 is 19.1 Å². The average molecular weight is 360 g/mol. The van der Waals surface area contributed by atoms with Crippen molar-refractivity contribution in [3.05, 3.63) is 35.9 Å². The van der Waals surface area contributed by atoms with Crippen molar-refractivity contribution in [2.45, 2.75) is 44.9 Å². The Morgan fingerprint density at radius 2 is 1.92 bits per heavy atom. The lowest BCUT2D eigenvalue weighted by Crippen LogP contribution is -2.59. The Morgan fingerprint density at radius 1 is 1.23 bits per heavy atom. The van der Waals surface area contributed by atoms with Crippen LogP contribution in [0, 0.1) is 5.92 Å². The van der Waals surface area contributed by atoms with Gasteiger partial charge in [-0.3, -0.25) is 9.80 Å². The van der Waals surface area contributed by atoms with Gasteiger partial charge in [0.15, 0.2) is 5.54 Å². The summed E-state index contributed by atoms with van der Waals surface area (Å²) in [5.41, 5.74) is -0.364. The van der Waals surface area contributed by atoms with Gasteiger partial charge in [-0.15, -0.1) is 0 Å². The largest absolute Gasteiger partial charge is 0.467 e. The van der Waals surface area contributed by atoms with Crippen LogP contribution in [0.1, 0.15) is 32.8 Å². The average Bonchev–Trinajstić information content (AvgIpc) is 3.09. The zero-order chi connectivity index (χ0) is 18.9. The molecule has 0 aliphatic carbocycles. The predicted octanol–water partition coefficient (Wildman–Crippen LogP) is 2.67. The van der Waals surface area contributed by atoms with Crippen molar-refractivity contribution >= 4 is 12.1 Å². The highest BCUT2D eigenvalue weighted by Gasteiger charge is 2.62. The highest BCUT2D eigenvalue weighted by Crippen LogP contribution is 2.43. The first-order valence-electron chi connectivity index (χ1n) is 9.11. The van der Waals surface area contributed by atoms with Crippen LogP contribution in [0.4, 0.5) is 4.79 Å². The molecule has 6 nitrogen and oxygen atoms in total. The van der Waals surface area contributed by atoms with E-state index < -0.39 is 17.2 Å². The monoisotopic (exact) mass is 360 g/mol. The minimum Gasteiger partial charge on any atom is -0.467 e. The van der Waals surface area contributed by atoms with Gasteiger partial charge in [-0.2, -0.15) is 0 Å². The molecule has 3 rings (SSSR count). The van der Waals surface area contributed by atoms with Gasteiger partial charge in [0.05, 0.1) is 7.11 Å². The first-order chi connectivity index (χ1) is 12.3. The number of esters is 1. The van der Waals surface area contributed by atoms with Gasteiger partial charge in [-0.1, -0.05) is 30.3 Å². The molecule has 2 fully saturated rings. The second-order valence-corrected chi connectivity index (χ2v) is 8.19. The third-order valence-electron chi connectivity index (χ3n) is 5.20. The third kappa shape index (κ3) is 3.43. The van der Waals surface area contributed by atoms with Gasteiger partial charge < -0.3 is 9.47 Å². The molecule has 2 aliphatic rings. The van der Waals surface area contributed by atoms with Gasteiger partial charge in [-0.25, -0.2) is 9.59 Å². The second-order valence-electron chi connectivity index (χ2n) is 8.19. The first kappa shape index (κ1) is 18.7. The Balaban J connectivity index is 1.83. The predicted molar refractivity (Wildman–Crippen MR) is 97.5 cm³/mol. The van der Waals surface area contributed by atoms with Crippen molar-refractivity contribution in [3.8, 4) is 0 Å². The van der Waals surface area contributed by atoms with Crippen LogP contribution in [0.15, 0.2) is 30.3 Å². The van der Waals surface area contributed by atoms with E-state index in [0.717, 1.165) is 19.5 Å². The maximum atomic E-state index is 12.8. The number of carbonyl (C=O) groups excluding carboxylic acids is 2. The number of ether oxygens (including phenoxy) is 2. The number of benzene rings is 1. The maximum Gasteiger partial charge on any atom is 0.411 e. The van der Waals surface area contributed by atoms with Crippen LogP contribution >= 0.6 is 0 Å². The molecule has 0 saturated carbocycles. The molecule has 0 spiro atoms. The molecule has 142 valence electrons. The van der Waals surface area contributed by atoms with Crippen LogP contribution in [-0.4, -0.2) is 59.7 Å². The molecule has 1 amide bonds. The molecule has 6 heteroatoms. The topological polar surface area (TPSA) is 59.1 Å². The van der Waals surface area contributed by atoms with Gasteiger partial charge in [0, 0.05) is 32.1 Å². The lowest BCUT2D eigenvalue weighted by molar-refractivity contribution is -0.154. The molecule has 2 heterocycles. The number of rotatable bonds is 3. The first-order valence-corrected chi connectivity index (χ1v) is 9.11. The third-order valence-corrected chi connectivity index (χ3v) is 5.20. The molecule has 2 unspecified atom stereocenters. The minimum atomic E-state index is -0.953. The molecule has 1 aromatic rings. The number of likely N-dealkylation sites (tertiary alicyclic amines) is 2. The fraction of sp³-hybridized carbons (Fsp3) is 0.600. The molecular weight excluding hydrogens is 332 g/mol. The number of carbonyl (C=O) groups is 2. The molecule has 0 N–H and O–H groups in total. The standard InChI is InChI=1S/C20H28N2O4/c1-19(2,3)26-18(24)22-11-10-16-13-21(12-15-8-6-5-7-9-15)14-20(16,22)17(23)25-4/h5-9,16H,10-14H2,1-4H3. The summed E-state index contributed by atoms with van der Waals surface area (Å²) in [5.74, 6) is -0.285. The van der Waals surface area contributed by atoms with E-state index >= 15 is 0 Å². The second kappa shape index (κ2) is 6.91. The van der Waals surface area contributed by atoms with Crippen molar-refractivity contribution in [2.24, 2.45) is 5.92 Å². The molecule has 2 atom stereocenters. The quantitative estimate of drug-likeness (QED) is 0.776. The lowest BCUT2D eigenvalue weighted by atomic mass is 9.88. The maximum absolute atomic E-state index is 12.8. The Hall–Kier alpha value is -2.08. The molecule has 0 aromatic heterocycles. The smallest absolute Gasteiger partial charge is 0.411 e. The molecular formula is C20H28N2O4. The Bertz CT molecular complexity index is 670. The highest BCUT2D eigenvalue weighted by molar-refractivity contribution is 5.88. The summed E-state index contributed by atoms with van der Waals surface area (Å²) in [4.78, 5) is 29.4. The van der Waals surface area contributed by atoms with E-state index in [-0.39, 0.29) is 11.9 Å². The van der Waals surface area contributed by atoms with E-state index in [9.17, 15) is 9.59 Å². The summed E-state index contributed by atoms with van der Waals surface area (Å²) in [6.45, 7) is 8.01. The zero-order valence-electron chi connectivity index (χ0n) is 16.0. The van der Waals surface area contributed by atoms with E-state index in [4.69, 9.17) is 9.47 Å². The number of hydrogen-bond acceptors (Lipinski definition) is 5. The number of fused-ring (bicyclic) bond motifs is 1. The van der Waals surface area contributed by atoms with Crippen LogP contribution < -0.4 is 0 Å². The zero-order valence-corrected chi connectivity index (χ0v) is 16.0. The molecule has 1 aromatic carbocycles. The summed E-state index contributed by atoms with van der Waals surface area (Å²) >= 11 is 0. The van der Waals surface area contributed by atoms with E-state index in [0.29, 0.717) is 13.1 Å². The van der Waals surface area contributed by atoms with Gasteiger partial charge in [0.25, 0.3) is 0 Å². The summed E-state index contributed by atoms with van der Waals surface area (Å²) < 4.78 is 10.7. The molecule has 0 bridgehead atoms. The van der Waals surface area contributed by atoms with Crippen molar-refractivity contribution in [1.82, 2.24) is 9.80 Å². The van der Waals surface area contributed by atoms with Gasteiger partial charge in [0.1, 0.15) is 5.60 Å². The van der Waals surface area contributed by atoms with E-state index in [1.165, 1.54) is 12.7 Å². The van der Waals surface area contributed by atoms with Gasteiger partial charge in [-0.05, 0) is 32.8 Å². The fourth-order valence-corrected chi connectivity index (χ4v) is 4.17. The molecule has 0 radical (unpaired) electrons. The van der Waals surface area contributed by atoms with Crippen LogP contribution in [-0.2, 0) is 20.8 Å². The number of methoxy groups -OCH3 is 1. The fourth-order valence-electron chi connectivity index (χ4n) is 4.17. The Morgan fingerprint density at radius 3 is 2.54 bits per heavy atom. The van der Waals surface area contributed by atoms with Crippen molar-refractivity contribution in [1.29, 1.82) is 0 Å². The van der Waals surface area contributed by atoms with Crippen LogP contribution in [0.2, 0.25) is 0 Å². The van der Waals surface area contributed by atoms with Crippen LogP contribution in [0.3, 0.4) is 0 Å². The summed E-state index contributed by atoms with van der Waals surface area (Å²) in [6.07, 6.45) is 0.339.